The maximum atomic E-state index is 13.4. The smallest absolute Gasteiger partial charge is 0.331 e. The lowest BCUT2D eigenvalue weighted by Gasteiger charge is -2.35. The number of aliphatic imine (C=N–C) groups is 1. The molecule has 1 aliphatic rings. The Morgan fingerprint density at radius 3 is 2.36 bits per heavy atom. The van der Waals surface area contributed by atoms with Crippen LogP contribution in [0.5, 0.6) is 5.75 Å². The van der Waals surface area contributed by atoms with E-state index < -0.39 is 27.6 Å². The molecule has 0 spiro atoms. The normalized spacial score (nSPS) is 17.1. The Hall–Kier alpha value is -2.29. The molecule has 33 heavy (non-hydrogen) atoms. The average Bonchev–Trinajstić information content (AvgIpc) is 2.63. The SMILES string of the molecule is CCCC(N=C(N)NS(=O)(=O)c1c(C)c(C)c2c(c1C)CCC(C)(C)O2)C(=O)OC(C)(C)C. The molecule has 0 saturated carbocycles. The molecule has 1 atom stereocenters. The van der Waals surface area contributed by atoms with E-state index in [9.17, 15) is 13.2 Å². The number of nitrogens with one attached hydrogen (secondary N) is 1. The second-order valence-corrected chi connectivity index (χ2v) is 12.0. The van der Waals surface area contributed by atoms with Crippen LogP contribution in [0, 0.1) is 20.8 Å². The van der Waals surface area contributed by atoms with Crippen molar-refractivity contribution in [3.63, 3.8) is 0 Å². The van der Waals surface area contributed by atoms with Crippen molar-refractivity contribution in [1.29, 1.82) is 0 Å². The fourth-order valence-corrected chi connectivity index (χ4v) is 5.52. The van der Waals surface area contributed by atoms with Gasteiger partial charge in [0.05, 0.1) is 4.90 Å². The summed E-state index contributed by atoms with van der Waals surface area (Å²) in [6.07, 6.45) is 2.56. The van der Waals surface area contributed by atoms with Crippen LogP contribution in [0.4, 0.5) is 0 Å². The van der Waals surface area contributed by atoms with E-state index in [1.54, 1.807) is 34.6 Å². The third kappa shape index (κ3) is 6.40. The molecule has 0 bridgehead atoms. The quantitative estimate of drug-likeness (QED) is 0.362. The van der Waals surface area contributed by atoms with Gasteiger partial charge in [-0.2, -0.15) is 0 Å². The number of guanidine groups is 1. The number of ether oxygens (including phenoxy) is 2. The molecule has 3 N–H and O–H groups in total. The van der Waals surface area contributed by atoms with Gasteiger partial charge in [-0.15, -0.1) is 0 Å². The molecule has 1 unspecified atom stereocenters. The Bertz CT molecular complexity index is 1050. The van der Waals surface area contributed by atoms with Crippen LogP contribution in [0.15, 0.2) is 9.89 Å². The van der Waals surface area contributed by atoms with Gasteiger partial charge >= 0.3 is 5.97 Å². The third-order valence-corrected chi connectivity index (χ3v) is 7.34. The molecule has 9 heteroatoms. The molecule has 1 aliphatic heterocycles. The summed E-state index contributed by atoms with van der Waals surface area (Å²) < 4.78 is 40.7. The van der Waals surface area contributed by atoms with E-state index >= 15 is 0 Å². The second kappa shape index (κ2) is 9.52. The standard InChI is InChI=1S/C24H39N3O5S/c1-10-11-18(21(28)32-23(5,6)7)26-22(25)27-33(29,30)20-15(3)14(2)19-17(16(20)4)12-13-24(8,9)31-19/h18H,10-13H2,1-9H3,(H3,25,26,27). The van der Waals surface area contributed by atoms with Gasteiger partial charge in [-0.1, -0.05) is 13.3 Å². The van der Waals surface area contributed by atoms with Crippen molar-refractivity contribution in [2.45, 2.75) is 110 Å². The number of fused-ring (bicyclic) bond motifs is 1. The Balaban J connectivity index is 2.42. The zero-order valence-electron chi connectivity index (χ0n) is 21.4. The van der Waals surface area contributed by atoms with Crippen LogP contribution in [0.1, 0.15) is 83.1 Å². The number of hydrogen-bond donors (Lipinski definition) is 2. The predicted octanol–water partition coefficient (Wildman–Crippen LogP) is 3.82. The lowest BCUT2D eigenvalue weighted by atomic mass is 9.88. The van der Waals surface area contributed by atoms with Crippen LogP contribution < -0.4 is 15.2 Å². The Morgan fingerprint density at radius 2 is 1.82 bits per heavy atom. The number of esters is 1. The number of sulfonamides is 1. The molecule has 186 valence electrons. The minimum Gasteiger partial charge on any atom is -0.487 e. The molecule has 0 aromatic heterocycles. The first-order chi connectivity index (χ1) is 15.0. The molecule has 1 heterocycles. The number of carbonyl (C=O) groups excluding carboxylic acids is 1. The molecule has 2 rings (SSSR count). The highest BCUT2D eigenvalue weighted by Crippen LogP contribution is 2.42. The first-order valence-corrected chi connectivity index (χ1v) is 12.9. The summed E-state index contributed by atoms with van der Waals surface area (Å²) in [4.78, 5) is 16.8. The van der Waals surface area contributed by atoms with Crippen LogP contribution in [0.25, 0.3) is 0 Å². The van der Waals surface area contributed by atoms with Gasteiger partial charge in [-0.05, 0) is 96.9 Å². The summed E-state index contributed by atoms with van der Waals surface area (Å²) in [6.45, 7) is 16.7. The van der Waals surface area contributed by atoms with E-state index in [-0.39, 0.29) is 16.5 Å². The van der Waals surface area contributed by atoms with Crippen molar-refractivity contribution in [2.24, 2.45) is 10.7 Å². The Kier molecular flexibility index (Phi) is 7.78. The van der Waals surface area contributed by atoms with E-state index in [2.05, 4.69) is 9.71 Å². The number of nitrogens with two attached hydrogens (primary N) is 1. The highest BCUT2D eigenvalue weighted by atomic mass is 32.2. The highest BCUT2D eigenvalue weighted by molar-refractivity contribution is 7.90. The number of benzene rings is 1. The van der Waals surface area contributed by atoms with Gasteiger partial charge in [0, 0.05) is 0 Å². The fraction of sp³-hybridized carbons (Fsp3) is 0.667. The number of rotatable bonds is 6. The van der Waals surface area contributed by atoms with E-state index in [1.165, 1.54) is 0 Å². The Labute approximate surface area is 198 Å². The predicted molar refractivity (Wildman–Crippen MR) is 130 cm³/mol. The fourth-order valence-electron chi connectivity index (χ4n) is 4.01. The van der Waals surface area contributed by atoms with Gasteiger partial charge in [-0.25, -0.2) is 22.9 Å². The van der Waals surface area contributed by atoms with Crippen molar-refractivity contribution >= 4 is 22.0 Å². The van der Waals surface area contributed by atoms with Gasteiger partial charge in [0.2, 0.25) is 5.96 Å². The summed E-state index contributed by atoms with van der Waals surface area (Å²) in [7, 11) is -4.04. The van der Waals surface area contributed by atoms with Crippen molar-refractivity contribution in [1.82, 2.24) is 4.72 Å². The first-order valence-electron chi connectivity index (χ1n) is 11.4. The summed E-state index contributed by atoms with van der Waals surface area (Å²) in [5.74, 6) is -0.121. The lowest BCUT2D eigenvalue weighted by molar-refractivity contribution is -0.156. The van der Waals surface area contributed by atoms with Gasteiger partial charge in [0.1, 0.15) is 17.0 Å². The van der Waals surface area contributed by atoms with Crippen LogP contribution in [0.3, 0.4) is 0 Å². The first kappa shape index (κ1) is 27.0. The van der Waals surface area contributed by atoms with Crippen LogP contribution >= 0.6 is 0 Å². The van der Waals surface area contributed by atoms with Crippen LogP contribution in [0.2, 0.25) is 0 Å². The topological polar surface area (TPSA) is 120 Å². The maximum Gasteiger partial charge on any atom is 0.331 e. The lowest BCUT2D eigenvalue weighted by Crippen LogP contribution is -2.40. The van der Waals surface area contributed by atoms with Crippen molar-refractivity contribution < 1.29 is 22.7 Å². The molecule has 0 radical (unpaired) electrons. The van der Waals surface area contributed by atoms with Crippen molar-refractivity contribution in [3.05, 3.63) is 22.3 Å². The molecule has 0 fully saturated rings. The van der Waals surface area contributed by atoms with Crippen LogP contribution in [-0.4, -0.2) is 37.6 Å². The summed E-state index contributed by atoms with van der Waals surface area (Å²) in [5.41, 5.74) is 7.91. The minimum atomic E-state index is -4.04. The second-order valence-electron chi connectivity index (χ2n) is 10.3. The number of carbonyl (C=O) groups is 1. The molecule has 1 aromatic rings. The van der Waals surface area contributed by atoms with Crippen LogP contribution in [-0.2, 0) is 26.0 Å². The largest absolute Gasteiger partial charge is 0.487 e. The summed E-state index contributed by atoms with van der Waals surface area (Å²) in [6, 6.07) is -0.889. The monoisotopic (exact) mass is 481 g/mol. The van der Waals surface area contributed by atoms with E-state index in [4.69, 9.17) is 15.2 Å². The summed E-state index contributed by atoms with van der Waals surface area (Å²) >= 11 is 0. The van der Waals surface area contributed by atoms with Gasteiger partial charge in [0.15, 0.2) is 6.04 Å². The van der Waals surface area contributed by atoms with Gasteiger partial charge in [0.25, 0.3) is 10.0 Å². The van der Waals surface area contributed by atoms with E-state index in [0.717, 1.165) is 29.7 Å². The van der Waals surface area contributed by atoms with Gasteiger partial charge in [-0.3, -0.25) is 0 Å². The molecule has 0 aliphatic carbocycles. The average molecular weight is 482 g/mol. The number of hydrogen-bond acceptors (Lipinski definition) is 6. The highest BCUT2D eigenvalue weighted by Gasteiger charge is 2.34. The molecular formula is C24H39N3O5S. The van der Waals surface area contributed by atoms with Crippen molar-refractivity contribution in [2.75, 3.05) is 0 Å². The van der Waals surface area contributed by atoms with Crippen molar-refractivity contribution in [3.8, 4) is 5.75 Å². The zero-order chi connectivity index (χ0) is 25.4. The molecule has 1 aromatic carbocycles. The van der Waals surface area contributed by atoms with E-state index in [1.807, 2.05) is 27.7 Å². The molecule has 8 nitrogen and oxygen atoms in total. The van der Waals surface area contributed by atoms with Gasteiger partial charge < -0.3 is 15.2 Å². The summed E-state index contributed by atoms with van der Waals surface area (Å²) in [5, 5.41) is 0. The Morgan fingerprint density at radius 1 is 1.21 bits per heavy atom. The maximum absolute atomic E-state index is 13.4. The number of nitrogens with zero attached hydrogens (tertiary/aromatic N) is 1. The van der Waals surface area contributed by atoms with E-state index in [0.29, 0.717) is 24.0 Å². The minimum absolute atomic E-state index is 0.171. The zero-order valence-corrected chi connectivity index (χ0v) is 22.2. The third-order valence-electron chi connectivity index (χ3n) is 5.71. The molecular weight excluding hydrogens is 442 g/mol. The molecule has 0 amide bonds. The molecule has 0 saturated heterocycles.